The molecule has 0 atom stereocenters. The Hall–Kier alpha value is -2.99. The highest BCUT2D eigenvalue weighted by Crippen LogP contribution is 2.21. The van der Waals surface area contributed by atoms with E-state index in [4.69, 9.17) is 11.6 Å². The molecule has 0 bridgehead atoms. The highest BCUT2D eigenvalue weighted by atomic mass is 35.5. The molecule has 0 aliphatic carbocycles. The molecule has 4 rings (SSSR count). The minimum absolute atomic E-state index is 0.665. The number of nitrogens with one attached hydrogen (secondary N) is 1. The van der Waals surface area contributed by atoms with E-state index < -0.39 is 0 Å². The minimum Gasteiger partial charge on any atom is -0.331 e. The third kappa shape index (κ3) is 3.61. The molecule has 0 saturated heterocycles. The molecule has 0 aliphatic heterocycles. The van der Waals surface area contributed by atoms with E-state index in [-0.39, 0.29) is 0 Å². The Morgan fingerprint density at radius 1 is 1.00 bits per heavy atom. The zero-order valence-corrected chi connectivity index (χ0v) is 15.9. The number of aromatic nitrogens is 6. The second-order valence-electron chi connectivity index (χ2n) is 6.41. The Morgan fingerprint density at radius 3 is 2.41 bits per heavy atom. The SMILES string of the molecule is Cc1n[nH]c(C)c1CCn1ccnc1-c1cnc(-c2ccc(Cl)cc2)nc1. The summed E-state index contributed by atoms with van der Waals surface area (Å²) in [6.07, 6.45) is 8.29. The molecule has 4 aromatic rings. The third-order valence-electron chi connectivity index (χ3n) is 4.61. The van der Waals surface area contributed by atoms with Gasteiger partial charge in [0, 0.05) is 47.6 Å². The Bertz CT molecular complexity index is 1030. The number of H-pyrrole nitrogens is 1. The van der Waals surface area contributed by atoms with Gasteiger partial charge in [0.25, 0.3) is 0 Å². The summed E-state index contributed by atoms with van der Waals surface area (Å²) in [5.41, 5.74) is 5.23. The number of imidazole rings is 1. The van der Waals surface area contributed by atoms with Crippen LogP contribution in [0.5, 0.6) is 0 Å². The number of aromatic amines is 1. The number of aryl methyl sites for hydroxylation is 3. The van der Waals surface area contributed by atoms with Crippen LogP contribution in [-0.2, 0) is 13.0 Å². The summed E-state index contributed by atoms with van der Waals surface area (Å²) in [5, 5.41) is 7.99. The van der Waals surface area contributed by atoms with Gasteiger partial charge in [-0.2, -0.15) is 5.10 Å². The molecule has 136 valence electrons. The van der Waals surface area contributed by atoms with Gasteiger partial charge >= 0.3 is 0 Å². The first-order valence-corrected chi connectivity index (χ1v) is 9.09. The van der Waals surface area contributed by atoms with Gasteiger partial charge in [0.05, 0.1) is 11.3 Å². The van der Waals surface area contributed by atoms with Crippen LogP contribution < -0.4 is 0 Å². The lowest BCUT2D eigenvalue weighted by Crippen LogP contribution is -2.04. The first-order valence-electron chi connectivity index (χ1n) is 8.72. The topological polar surface area (TPSA) is 72.3 Å². The molecule has 1 N–H and O–H groups in total. The molecule has 0 unspecified atom stereocenters. The molecule has 0 saturated carbocycles. The maximum atomic E-state index is 5.94. The first kappa shape index (κ1) is 17.4. The number of hydrogen-bond acceptors (Lipinski definition) is 4. The average molecular weight is 379 g/mol. The monoisotopic (exact) mass is 378 g/mol. The summed E-state index contributed by atoms with van der Waals surface area (Å²) in [6.45, 7) is 4.89. The summed E-state index contributed by atoms with van der Waals surface area (Å²) in [6, 6.07) is 7.49. The van der Waals surface area contributed by atoms with E-state index in [9.17, 15) is 0 Å². The van der Waals surface area contributed by atoms with E-state index in [0.29, 0.717) is 10.8 Å². The molecule has 3 heterocycles. The van der Waals surface area contributed by atoms with Gasteiger partial charge in [-0.15, -0.1) is 0 Å². The Balaban J connectivity index is 1.54. The Morgan fingerprint density at radius 2 is 1.74 bits per heavy atom. The molecular formula is C20H19ClN6. The Kier molecular flexibility index (Phi) is 4.73. The number of benzene rings is 1. The highest BCUT2D eigenvalue weighted by Gasteiger charge is 2.11. The minimum atomic E-state index is 0.665. The summed E-state index contributed by atoms with van der Waals surface area (Å²) in [7, 11) is 0. The van der Waals surface area contributed by atoms with Crippen LogP contribution in [0.3, 0.4) is 0 Å². The molecule has 0 radical (unpaired) electrons. The second-order valence-corrected chi connectivity index (χ2v) is 6.85. The van der Waals surface area contributed by atoms with Crippen LogP contribution in [0.4, 0.5) is 0 Å². The molecular weight excluding hydrogens is 360 g/mol. The van der Waals surface area contributed by atoms with Crippen LogP contribution in [0, 0.1) is 13.8 Å². The van der Waals surface area contributed by atoms with Gasteiger partial charge < -0.3 is 4.57 Å². The van der Waals surface area contributed by atoms with Crippen molar-refractivity contribution >= 4 is 11.6 Å². The van der Waals surface area contributed by atoms with Crippen LogP contribution in [0.1, 0.15) is 17.0 Å². The molecule has 0 fully saturated rings. The van der Waals surface area contributed by atoms with E-state index in [1.807, 2.05) is 56.7 Å². The van der Waals surface area contributed by atoms with Crippen LogP contribution in [0.25, 0.3) is 22.8 Å². The van der Waals surface area contributed by atoms with E-state index in [2.05, 4.69) is 29.7 Å². The van der Waals surface area contributed by atoms with Crippen LogP contribution in [0.15, 0.2) is 49.1 Å². The average Bonchev–Trinajstić information content (AvgIpc) is 3.27. The fraction of sp³-hybridized carbons (Fsp3) is 0.200. The van der Waals surface area contributed by atoms with E-state index in [1.165, 1.54) is 5.56 Å². The van der Waals surface area contributed by atoms with Gasteiger partial charge in [-0.3, -0.25) is 5.10 Å². The largest absolute Gasteiger partial charge is 0.331 e. The van der Waals surface area contributed by atoms with Crippen molar-refractivity contribution in [2.75, 3.05) is 0 Å². The van der Waals surface area contributed by atoms with Gasteiger partial charge in [-0.1, -0.05) is 11.6 Å². The van der Waals surface area contributed by atoms with Crippen molar-refractivity contribution < 1.29 is 0 Å². The number of nitrogens with zero attached hydrogens (tertiary/aromatic N) is 5. The summed E-state index contributed by atoms with van der Waals surface area (Å²) >= 11 is 5.94. The molecule has 0 spiro atoms. The van der Waals surface area contributed by atoms with Crippen molar-refractivity contribution in [3.63, 3.8) is 0 Å². The fourth-order valence-electron chi connectivity index (χ4n) is 3.12. The predicted octanol–water partition coefficient (Wildman–Crippen LogP) is 4.24. The fourth-order valence-corrected chi connectivity index (χ4v) is 3.24. The molecule has 6 nitrogen and oxygen atoms in total. The van der Waals surface area contributed by atoms with Crippen LogP contribution >= 0.6 is 11.6 Å². The first-order chi connectivity index (χ1) is 13.1. The zero-order valence-electron chi connectivity index (χ0n) is 15.1. The molecule has 0 amide bonds. The van der Waals surface area contributed by atoms with E-state index in [1.54, 1.807) is 6.20 Å². The van der Waals surface area contributed by atoms with Gasteiger partial charge in [0.15, 0.2) is 5.82 Å². The van der Waals surface area contributed by atoms with Crippen molar-refractivity contribution in [3.05, 3.63) is 71.0 Å². The predicted molar refractivity (Wildman–Crippen MR) is 105 cm³/mol. The summed E-state index contributed by atoms with van der Waals surface area (Å²) in [5.74, 6) is 1.52. The van der Waals surface area contributed by atoms with Crippen molar-refractivity contribution in [2.24, 2.45) is 0 Å². The van der Waals surface area contributed by atoms with Crippen molar-refractivity contribution in [1.82, 2.24) is 29.7 Å². The third-order valence-corrected chi connectivity index (χ3v) is 4.86. The molecule has 7 heteroatoms. The smallest absolute Gasteiger partial charge is 0.159 e. The van der Waals surface area contributed by atoms with Crippen molar-refractivity contribution in [3.8, 4) is 22.8 Å². The quantitative estimate of drug-likeness (QED) is 0.563. The summed E-state index contributed by atoms with van der Waals surface area (Å²) in [4.78, 5) is 13.5. The number of hydrogen-bond donors (Lipinski definition) is 1. The van der Waals surface area contributed by atoms with E-state index >= 15 is 0 Å². The van der Waals surface area contributed by atoms with Gasteiger partial charge in [-0.05, 0) is 50.1 Å². The molecule has 27 heavy (non-hydrogen) atoms. The van der Waals surface area contributed by atoms with Gasteiger partial charge in [0.2, 0.25) is 0 Å². The maximum absolute atomic E-state index is 5.94. The zero-order chi connectivity index (χ0) is 18.8. The van der Waals surface area contributed by atoms with Crippen LogP contribution in [0.2, 0.25) is 5.02 Å². The molecule has 0 aliphatic rings. The number of halogens is 1. The normalized spacial score (nSPS) is 11.1. The Labute approximate surface area is 162 Å². The van der Waals surface area contributed by atoms with Crippen molar-refractivity contribution in [2.45, 2.75) is 26.8 Å². The lowest BCUT2D eigenvalue weighted by molar-refractivity contribution is 0.698. The second kappa shape index (κ2) is 7.32. The lowest BCUT2D eigenvalue weighted by Gasteiger charge is -2.08. The van der Waals surface area contributed by atoms with Gasteiger partial charge in [0.1, 0.15) is 5.82 Å². The summed E-state index contributed by atoms with van der Waals surface area (Å²) < 4.78 is 2.12. The van der Waals surface area contributed by atoms with Gasteiger partial charge in [-0.25, -0.2) is 15.0 Å². The highest BCUT2D eigenvalue weighted by molar-refractivity contribution is 6.30. The van der Waals surface area contributed by atoms with E-state index in [0.717, 1.165) is 41.3 Å². The molecule has 1 aromatic carbocycles. The molecule has 3 aromatic heterocycles. The van der Waals surface area contributed by atoms with Crippen LogP contribution in [-0.4, -0.2) is 29.7 Å². The maximum Gasteiger partial charge on any atom is 0.159 e. The number of rotatable bonds is 5. The van der Waals surface area contributed by atoms with Crippen molar-refractivity contribution in [1.29, 1.82) is 0 Å². The standard InChI is InChI=1S/C20H19ClN6/c1-13-18(14(2)26-25-13)7-9-27-10-8-22-20(27)16-11-23-19(24-12-16)15-3-5-17(21)6-4-15/h3-6,8,10-12H,7,9H2,1-2H3,(H,25,26). The lowest BCUT2D eigenvalue weighted by atomic mass is 10.1.